The van der Waals surface area contributed by atoms with E-state index in [4.69, 9.17) is 10.00 Å². The van der Waals surface area contributed by atoms with Crippen molar-refractivity contribution in [1.29, 1.82) is 5.26 Å². The molecule has 122 valence electrons. The van der Waals surface area contributed by atoms with Crippen molar-refractivity contribution < 1.29 is 22.6 Å². The zero-order chi connectivity index (χ0) is 16.9. The molecule has 1 aromatic heterocycles. The maximum Gasteiger partial charge on any atom is 0.573 e. The number of ether oxygens (including phenoxy) is 2. The summed E-state index contributed by atoms with van der Waals surface area (Å²) in [5, 5.41) is 13.1. The molecule has 0 fully saturated rings. The standard InChI is InChI=1S/C15H14F3N3O2/c1-22-4-2-3-21-10-13(9-20-21)12-5-11(8-19)6-14(7-12)23-15(16,17)18/h5-7,9-10H,2-4H2,1H3. The van der Waals surface area contributed by atoms with Gasteiger partial charge in [0, 0.05) is 32.0 Å². The monoisotopic (exact) mass is 325 g/mol. The lowest BCUT2D eigenvalue weighted by Crippen LogP contribution is -2.17. The topological polar surface area (TPSA) is 60.1 Å². The second-order valence-corrected chi connectivity index (χ2v) is 4.74. The van der Waals surface area contributed by atoms with Crippen LogP contribution in [0.3, 0.4) is 0 Å². The van der Waals surface area contributed by atoms with Gasteiger partial charge in [-0.05, 0) is 30.2 Å². The third kappa shape index (κ3) is 5.00. The van der Waals surface area contributed by atoms with Gasteiger partial charge in [0.2, 0.25) is 0 Å². The lowest BCUT2D eigenvalue weighted by atomic mass is 10.1. The molecule has 2 rings (SSSR count). The second-order valence-electron chi connectivity index (χ2n) is 4.74. The Labute approximate surface area is 130 Å². The van der Waals surface area contributed by atoms with Gasteiger partial charge < -0.3 is 9.47 Å². The number of aryl methyl sites for hydroxylation is 1. The first kappa shape index (κ1) is 16.8. The molecule has 0 bridgehead atoms. The van der Waals surface area contributed by atoms with Gasteiger partial charge in [0.15, 0.2) is 0 Å². The number of alkyl halides is 3. The third-order valence-corrected chi connectivity index (χ3v) is 2.97. The summed E-state index contributed by atoms with van der Waals surface area (Å²) in [5.74, 6) is -0.432. The molecule has 0 aliphatic heterocycles. The molecule has 0 radical (unpaired) electrons. The van der Waals surface area contributed by atoms with E-state index >= 15 is 0 Å². The number of benzene rings is 1. The average Bonchev–Trinajstić information content (AvgIpc) is 2.94. The smallest absolute Gasteiger partial charge is 0.406 e. The van der Waals surface area contributed by atoms with E-state index in [1.165, 1.54) is 18.3 Å². The van der Waals surface area contributed by atoms with Crippen molar-refractivity contribution in [3.8, 4) is 22.9 Å². The van der Waals surface area contributed by atoms with Crippen LogP contribution in [0.5, 0.6) is 5.75 Å². The number of halogens is 3. The summed E-state index contributed by atoms with van der Waals surface area (Å²) in [6.07, 6.45) is -0.821. The fourth-order valence-electron chi connectivity index (χ4n) is 2.03. The predicted octanol–water partition coefficient (Wildman–Crippen LogP) is 3.36. The van der Waals surface area contributed by atoms with Crippen LogP contribution < -0.4 is 4.74 Å². The molecular weight excluding hydrogens is 311 g/mol. The van der Waals surface area contributed by atoms with E-state index < -0.39 is 12.1 Å². The van der Waals surface area contributed by atoms with Gasteiger partial charge in [-0.15, -0.1) is 13.2 Å². The zero-order valence-electron chi connectivity index (χ0n) is 12.3. The highest BCUT2D eigenvalue weighted by molar-refractivity contribution is 5.66. The largest absolute Gasteiger partial charge is 0.573 e. The van der Waals surface area contributed by atoms with Gasteiger partial charge in [0.05, 0.1) is 17.8 Å². The van der Waals surface area contributed by atoms with Crippen molar-refractivity contribution in [3.05, 3.63) is 36.2 Å². The van der Waals surface area contributed by atoms with Gasteiger partial charge in [-0.3, -0.25) is 4.68 Å². The molecule has 1 aromatic carbocycles. The summed E-state index contributed by atoms with van der Waals surface area (Å²) >= 11 is 0. The van der Waals surface area contributed by atoms with E-state index in [1.54, 1.807) is 18.0 Å². The Morgan fingerprint density at radius 2 is 2.04 bits per heavy atom. The molecule has 1 heterocycles. The first-order valence-electron chi connectivity index (χ1n) is 6.74. The van der Waals surface area contributed by atoms with Gasteiger partial charge in [-0.1, -0.05) is 0 Å². The van der Waals surface area contributed by atoms with E-state index in [0.29, 0.717) is 24.3 Å². The Morgan fingerprint density at radius 1 is 1.26 bits per heavy atom. The molecule has 0 N–H and O–H groups in total. The summed E-state index contributed by atoms with van der Waals surface area (Å²) in [5.41, 5.74) is 1.11. The minimum atomic E-state index is -4.81. The van der Waals surface area contributed by atoms with Crippen molar-refractivity contribution in [3.63, 3.8) is 0 Å². The molecule has 2 aromatic rings. The van der Waals surface area contributed by atoms with Gasteiger partial charge in [-0.2, -0.15) is 10.4 Å². The number of hydrogen-bond acceptors (Lipinski definition) is 4. The Bertz CT molecular complexity index is 705. The molecule has 5 nitrogen and oxygen atoms in total. The van der Waals surface area contributed by atoms with Crippen LogP contribution in [0, 0.1) is 11.3 Å². The van der Waals surface area contributed by atoms with Crippen molar-refractivity contribution in [2.24, 2.45) is 0 Å². The van der Waals surface area contributed by atoms with Gasteiger partial charge in [0.25, 0.3) is 0 Å². The van der Waals surface area contributed by atoms with E-state index in [0.717, 1.165) is 12.5 Å². The lowest BCUT2D eigenvalue weighted by molar-refractivity contribution is -0.274. The molecule has 0 spiro atoms. The van der Waals surface area contributed by atoms with Crippen LogP contribution >= 0.6 is 0 Å². The molecule has 0 atom stereocenters. The highest BCUT2D eigenvalue weighted by Gasteiger charge is 2.31. The summed E-state index contributed by atoms with van der Waals surface area (Å²) in [6, 6.07) is 5.58. The molecule has 0 aliphatic rings. The average molecular weight is 325 g/mol. The number of nitriles is 1. The minimum absolute atomic E-state index is 0.0777. The predicted molar refractivity (Wildman–Crippen MR) is 75.6 cm³/mol. The Hall–Kier alpha value is -2.53. The van der Waals surface area contributed by atoms with Crippen LogP contribution in [0.2, 0.25) is 0 Å². The van der Waals surface area contributed by atoms with Crippen LogP contribution in [-0.4, -0.2) is 29.9 Å². The third-order valence-electron chi connectivity index (χ3n) is 2.97. The molecule has 0 amide bonds. The number of methoxy groups -OCH3 is 1. The van der Waals surface area contributed by atoms with Crippen molar-refractivity contribution >= 4 is 0 Å². The summed E-state index contributed by atoms with van der Waals surface area (Å²) < 4.78 is 47.6. The first-order valence-corrected chi connectivity index (χ1v) is 6.74. The molecule has 0 saturated carbocycles. The molecule has 8 heteroatoms. The van der Waals surface area contributed by atoms with E-state index in [2.05, 4.69) is 9.84 Å². The Morgan fingerprint density at radius 3 is 2.70 bits per heavy atom. The van der Waals surface area contributed by atoms with Crippen molar-refractivity contribution in [1.82, 2.24) is 9.78 Å². The van der Waals surface area contributed by atoms with Crippen LogP contribution in [0.4, 0.5) is 13.2 Å². The number of aromatic nitrogens is 2. The fourth-order valence-corrected chi connectivity index (χ4v) is 2.03. The number of nitrogens with zero attached hydrogens (tertiary/aromatic N) is 3. The number of rotatable bonds is 6. The van der Waals surface area contributed by atoms with E-state index in [9.17, 15) is 13.2 Å². The lowest BCUT2D eigenvalue weighted by Gasteiger charge is -2.10. The Kier molecular flexibility index (Phi) is 5.24. The zero-order valence-corrected chi connectivity index (χ0v) is 12.3. The first-order chi connectivity index (χ1) is 10.9. The van der Waals surface area contributed by atoms with Crippen LogP contribution in [-0.2, 0) is 11.3 Å². The van der Waals surface area contributed by atoms with E-state index in [-0.39, 0.29) is 5.56 Å². The highest BCUT2D eigenvalue weighted by Crippen LogP contribution is 2.29. The maximum atomic E-state index is 12.4. The Balaban J connectivity index is 2.25. The summed E-state index contributed by atoms with van der Waals surface area (Å²) in [4.78, 5) is 0. The van der Waals surface area contributed by atoms with Gasteiger partial charge >= 0.3 is 6.36 Å². The molecular formula is C15H14F3N3O2. The van der Waals surface area contributed by atoms with Crippen LogP contribution in [0.15, 0.2) is 30.6 Å². The van der Waals surface area contributed by atoms with Gasteiger partial charge in [-0.25, -0.2) is 0 Å². The second kappa shape index (κ2) is 7.15. The van der Waals surface area contributed by atoms with Crippen LogP contribution in [0.1, 0.15) is 12.0 Å². The van der Waals surface area contributed by atoms with Gasteiger partial charge in [0.1, 0.15) is 5.75 Å². The SMILES string of the molecule is COCCCn1cc(-c2cc(C#N)cc(OC(F)(F)F)c2)cn1. The highest BCUT2D eigenvalue weighted by atomic mass is 19.4. The minimum Gasteiger partial charge on any atom is -0.406 e. The molecule has 0 unspecified atom stereocenters. The summed E-state index contributed by atoms with van der Waals surface area (Å²) in [7, 11) is 1.60. The van der Waals surface area contributed by atoms with Crippen LogP contribution in [0.25, 0.3) is 11.1 Å². The molecule has 23 heavy (non-hydrogen) atoms. The molecule has 0 saturated heterocycles. The normalized spacial score (nSPS) is 11.3. The quantitative estimate of drug-likeness (QED) is 0.764. The van der Waals surface area contributed by atoms with E-state index in [1.807, 2.05) is 6.07 Å². The maximum absolute atomic E-state index is 12.4. The van der Waals surface area contributed by atoms with Crippen molar-refractivity contribution in [2.75, 3.05) is 13.7 Å². The fraction of sp³-hybridized carbons (Fsp3) is 0.333. The van der Waals surface area contributed by atoms with Crippen molar-refractivity contribution in [2.45, 2.75) is 19.3 Å². The summed E-state index contributed by atoms with van der Waals surface area (Å²) in [6.45, 7) is 1.21. The number of hydrogen-bond donors (Lipinski definition) is 0. The molecule has 0 aliphatic carbocycles.